The number of carbonyl (C=O) groups is 1. The van der Waals surface area contributed by atoms with Gasteiger partial charge < -0.3 is 4.74 Å². The first-order chi connectivity index (χ1) is 7.54. The first kappa shape index (κ1) is 12.2. The molecule has 5 heteroatoms. The first-order valence-corrected chi connectivity index (χ1v) is 4.91. The zero-order chi connectivity index (χ0) is 12.1. The Hall–Kier alpha value is -1.91. The van der Waals surface area contributed by atoms with Crippen molar-refractivity contribution >= 4 is 12.0 Å². The Kier molecular flexibility index (Phi) is 3.99. The van der Waals surface area contributed by atoms with E-state index in [4.69, 9.17) is 4.74 Å². The van der Waals surface area contributed by atoms with Crippen LogP contribution in [0, 0.1) is 16.0 Å². The Balaban J connectivity index is 2.91. The van der Waals surface area contributed by atoms with Crippen molar-refractivity contribution in [2.75, 3.05) is 6.61 Å². The van der Waals surface area contributed by atoms with E-state index >= 15 is 0 Å². The summed E-state index contributed by atoms with van der Waals surface area (Å²) in [7, 11) is 0. The molecule has 0 radical (unpaired) electrons. The lowest BCUT2D eigenvalue weighted by Gasteiger charge is -2.08. The van der Waals surface area contributed by atoms with E-state index in [1.165, 1.54) is 18.2 Å². The van der Waals surface area contributed by atoms with Gasteiger partial charge in [0, 0.05) is 6.07 Å². The molecule has 86 valence electrons. The van der Waals surface area contributed by atoms with Gasteiger partial charge in [-0.15, -0.1) is 0 Å². The van der Waals surface area contributed by atoms with E-state index in [0.717, 1.165) is 0 Å². The average molecular weight is 223 g/mol. The quantitative estimate of drug-likeness (QED) is 0.436. The predicted octanol–water partition coefficient (Wildman–Crippen LogP) is 2.44. The molecule has 0 N–H and O–H groups in total. The number of aldehydes is 1. The highest BCUT2D eigenvalue weighted by atomic mass is 16.6. The zero-order valence-corrected chi connectivity index (χ0v) is 9.17. The van der Waals surface area contributed by atoms with E-state index in [9.17, 15) is 14.9 Å². The predicted molar refractivity (Wildman–Crippen MR) is 58.8 cm³/mol. The number of rotatable bonds is 5. The maximum absolute atomic E-state index is 10.7. The molecule has 1 aromatic rings. The van der Waals surface area contributed by atoms with Crippen molar-refractivity contribution in [1.82, 2.24) is 0 Å². The van der Waals surface area contributed by atoms with Crippen LogP contribution < -0.4 is 4.74 Å². The van der Waals surface area contributed by atoms with Crippen LogP contribution in [-0.2, 0) is 0 Å². The molecule has 0 atom stereocenters. The van der Waals surface area contributed by atoms with Crippen molar-refractivity contribution in [2.24, 2.45) is 5.92 Å². The Morgan fingerprint density at radius 3 is 2.69 bits per heavy atom. The highest BCUT2D eigenvalue weighted by molar-refractivity contribution is 5.82. The summed E-state index contributed by atoms with van der Waals surface area (Å²) in [4.78, 5) is 20.6. The van der Waals surface area contributed by atoms with Gasteiger partial charge in [0.05, 0.1) is 17.1 Å². The molecule has 1 rings (SSSR count). The summed E-state index contributed by atoms with van der Waals surface area (Å²) in [5, 5.41) is 10.6. The van der Waals surface area contributed by atoms with Crippen molar-refractivity contribution in [1.29, 1.82) is 0 Å². The molecule has 0 aliphatic rings. The van der Waals surface area contributed by atoms with Gasteiger partial charge >= 0.3 is 0 Å². The highest BCUT2D eigenvalue weighted by Gasteiger charge is 2.13. The highest BCUT2D eigenvalue weighted by Crippen LogP contribution is 2.22. The van der Waals surface area contributed by atoms with E-state index < -0.39 is 4.92 Å². The fourth-order valence-electron chi connectivity index (χ4n) is 1.15. The molecule has 0 saturated heterocycles. The minimum Gasteiger partial charge on any atom is -0.493 e. The Bertz CT molecular complexity index is 401. The van der Waals surface area contributed by atoms with Crippen LogP contribution in [0.2, 0.25) is 0 Å². The normalized spacial score (nSPS) is 10.2. The van der Waals surface area contributed by atoms with Gasteiger partial charge in [-0.1, -0.05) is 13.8 Å². The molecule has 0 saturated carbocycles. The van der Waals surface area contributed by atoms with Gasteiger partial charge in [-0.05, 0) is 18.1 Å². The van der Waals surface area contributed by atoms with Crippen molar-refractivity contribution in [3.05, 3.63) is 33.9 Å². The molecule has 0 bridgehead atoms. The molecule has 16 heavy (non-hydrogen) atoms. The number of nitrogens with zero attached hydrogens (tertiary/aromatic N) is 1. The van der Waals surface area contributed by atoms with Gasteiger partial charge in [0.2, 0.25) is 0 Å². The number of benzene rings is 1. The molecule has 0 aromatic heterocycles. The SMILES string of the molecule is CC(C)COc1ccc([N+](=O)[O-])c(C=O)c1. The lowest BCUT2D eigenvalue weighted by atomic mass is 10.2. The molecule has 5 nitrogen and oxygen atoms in total. The van der Waals surface area contributed by atoms with Crippen LogP contribution in [-0.4, -0.2) is 17.8 Å². The number of carbonyl (C=O) groups excluding carboxylic acids is 1. The van der Waals surface area contributed by atoms with Gasteiger partial charge in [0.25, 0.3) is 5.69 Å². The molecule has 1 aromatic carbocycles. The zero-order valence-electron chi connectivity index (χ0n) is 9.17. The Labute approximate surface area is 93.2 Å². The molecule has 0 aliphatic heterocycles. The minimum atomic E-state index is -0.587. The second-order valence-corrected chi connectivity index (χ2v) is 3.80. The summed E-state index contributed by atoms with van der Waals surface area (Å²) < 4.78 is 5.36. The molecular weight excluding hydrogens is 210 g/mol. The van der Waals surface area contributed by atoms with Gasteiger partial charge in [-0.3, -0.25) is 14.9 Å². The third-order valence-corrected chi connectivity index (χ3v) is 1.91. The van der Waals surface area contributed by atoms with Crippen molar-refractivity contribution in [2.45, 2.75) is 13.8 Å². The fraction of sp³-hybridized carbons (Fsp3) is 0.364. The van der Waals surface area contributed by atoms with Crippen molar-refractivity contribution in [3.63, 3.8) is 0 Å². The van der Waals surface area contributed by atoms with Crippen LogP contribution in [0.3, 0.4) is 0 Å². The van der Waals surface area contributed by atoms with Crippen LogP contribution in [0.5, 0.6) is 5.75 Å². The number of nitro groups is 1. The smallest absolute Gasteiger partial charge is 0.280 e. The third kappa shape index (κ3) is 3.05. The lowest BCUT2D eigenvalue weighted by molar-refractivity contribution is -0.385. The monoisotopic (exact) mass is 223 g/mol. The van der Waals surface area contributed by atoms with Crippen molar-refractivity contribution in [3.8, 4) is 5.75 Å². The summed E-state index contributed by atoms with van der Waals surface area (Å²) in [6.45, 7) is 4.49. The van der Waals surface area contributed by atoms with E-state index in [1.54, 1.807) is 0 Å². The summed E-state index contributed by atoms with van der Waals surface area (Å²) in [5.41, 5.74) is -0.168. The van der Waals surface area contributed by atoms with E-state index in [0.29, 0.717) is 24.6 Å². The summed E-state index contributed by atoms with van der Waals surface area (Å²) in [6, 6.07) is 4.15. The van der Waals surface area contributed by atoms with E-state index in [2.05, 4.69) is 0 Å². The second-order valence-electron chi connectivity index (χ2n) is 3.80. The standard InChI is InChI=1S/C11H13NO4/c1-8(2)7-16-10-3-4-11(12(14)15)9(5-10)6-13/h3-6,8H,7H2,1-2H3. The topological polar surface area (TPSA) is 69.4 Å². The molecule has 0 heterocycles. The summed E-state index contributed by atoms with van der Waals surface area (Å²) in [5.74, 6) is 0.830. The number of hydrogen-bond acceptors (Lipinski definition) is 4. The minimum absolute atomic E-state index is 0.0336. The van der Waals surface area contributed by atoms with E-state index in [1.807, 2.05) is 13.8 Å². The van der Waals surface area contributed by atoms with Crippen LogP contribution in [0.4, 0.5) is 5.69 Å². The van der Waals surface area contributed by atoms with Gasteiger partial charge in [-0.25, -0.2) is 0 Å². The Morgan fingerprint density at radius 2 is 2.19 bits per heavy atom. The molecule has 0 amide bonds. The number of ether oxygens (including phenoxy) is 1. The van der Waals surface area contributed by atoms with Crippen LogP contribution >= 0.6 is 0 Å². The van der Waals surface area contributed by atoms with Gasteiger partial charge in [0.15, 0.2) is 6.29 Å². The number of hydrogen-bond donors (Lipinski definition) is 0. The van der Waals surface area contributed by atoms with Crippen LogP contribution in [0.1, 0.15) is 24.2 Å². The molecule has 0 aliphatic carbocycles. The largest absolute Gasteiger partial charge is 0.493 e. The lowest BCUT2D eigenvalue weighted by Crippen LogP contribution is -2.05. The van der Waals surface area contributed by atoms with Gasteiger partial charge in [0.1, 0.15) is 5.75 Å². The Morgan fingerprint density at radius 1 is 1.50 bits per heavy atom. The average Bonchev–Trinajstić information content (AvgIpc) is 2.25. The molecule has 0 spiro atoms. The van der Waals surface area contributed by atoms with Crippen LogP contribution in [0.15, 0.2) is 18.2 Å². The first-order valence-electron chi connectivity index (χ1n) is 4.91. The van der Waals surface area contributed by atoms with Gasteiger partial charge in [-0.2, -0.15) is 0 Å². The summed E-state index contributed by atoms with van der Waals surface area (Å²) >= 11 is 0. The molecule has 0 fully saturated rings. The third-order valence-electron chi connectivity index (χ3n) is 1.91. The van der Waals surface area contributed by atoms with Crippen molar-refractivity contribution < 1.29 is 14.5 Å². The maximum atomic E-state index is 10.7. The molecular formula is C11H13NO4. The molecule has 0 unspecified atom stereocenters. The second kappa shape index (κ2) is 5.25. The summed E-state index contributed by atoms with van der Waals surface area (Å²) in [6.07, 6.45) is 0.459. The maximum Gasteiger partial charge on any atom is 0.280 e. The van der Waals surface area contributed by atoms with Crippen LogP contribution in [0.25, 0.3) is 0 Å². The fourth-order valence-corrected chi connectivity index (χ4v) is 1.15. The number of nitro benzene ring substituents is 1. The van der Waals surface area contributed by atoms with E-state index in [-0.39, 0.29) is 11.3 Å².